The Labute approximate surface area is 107 Å². The number of amides is 1. The molecule has 2 N–H and O–H groups in total. The van der Waals surface area contributed by atoms with Gasteiger partial charge in [-0.05, 0) is 26.8 Å². The first-order valence-corrected chi connectivity index (χ1v) is 5.97. The molecule has 0 aliphatic carbocycles. The normalized spacial score (nSPS) is 18.4. The zero-order valence-electron chi connectivity index (χ0n) is 11.3. The van der Waals surface area contributed by atoms with Crippen molar-refractivity contribution in [3.8, 4) is 0 Å². The summed E-state index contributed by atoms with van der Waals surface area (Å²) in [6.45, 7) is 6.47. The second-order valence-electron chi connectivity index (χ2n) is 5.83. The summed E-state index contributed by atoms with van der Waals surface area (Å²) in [5.74, 6) is 0. The smallest absolute Gasteiger partial charge is 0.410 e. The zero-order chi connectivity index (χ0) is 13.6. The van der Waals surface area contributed by atoms with E-state index in [4.69, 9.17) is 10.5 Å². The van der Waals surface area contributed by atoms with Crippen LogP contribution in [-0.4, -0.2) is 39.5 Å². The number of hydrogen-bond acceptors (Lipinski definition) is 4. The lowest BCUT2D eigenvalue weighted by Gasteiger charge is -2.47. The lowest BCUT2D eigenvalue weighted by Crippen LogP contribution is -2.67. The van der Waals surface area contributed by atoms with E-state index in [9.17, 15) is 4.79 Å². The van der Waals surface area contributed by atoms with Crippen LogP contribution in [0.15, 0.2) is 12.3 Å². The number of ether oxygens (including phenoxy) is 1. The summed E-state index contributed by atoms with van der Waals surface area (Å²) < 4.78 is 7.03. The maximum atomic E-state index is 11.8. The van der Waals surface area contributed by atoms with E-state index in [1.165, 1.54) is 0 Å². The number of aryl methyl sites for hydroxylation is 1. The molecule has 1 saturated heterocycles. The molecule has 1 aromatic heterocycles. The first-order valence-electron chi connectivity index (χ1n) is 5.97. The van der Waals surface area contributed by atoms with Crippen molar-refractivity contribution >= 4 is 6.09 Å². The number of nitrogens with zero attached hydrogens (tertiary/aromatic N) is 3. The summed E-state index contributed by atoms with van der Waals surface area (Å²) in [5.41, 5.74) is 6.20. The first-order chi connectivity index (χ1) is 8.21. The van der Waals surface area contributed by atoms with Gasteiger partial charge in [-0.1, -0.05) is 0 Å². The molecule has 6 nitrogen and oxygen atoms in total. The fraction of sp³-hybridized carbons (Fsp3) is 0.667. The van der Waals surface area contributed by atoms with E-state index in [-0.39, 0.29) is 6.09 Å². The molecule has 0 aromatic carbocycles. The molecule has 6 heteroatoms. The largest absolute Gasteiger partial charge is 0.444 e. The van der Waals surface area contributed by atoms with Gasteiger partial charge in [-0.15, -0.1) is 0 Å². The second-order valence-corrected chi connectivity index (χ2v) is 5.83. The molecular weight excluding hydrogens is 232 g/mol. The van der Waals surface area contributed by atoms with Crippen LogP contribution in [0.5, 0.6) is 0 Å². The molecule has 0 unspecified atom stereocenters. The van der Waals surface area contributed by atoms with Gasteiger partial charge in [-0.3, -0.25) is 4.68 Å². The van der Waals surface area contributed by atoms with Gasteiger partial charge in [0.15, 0.2) is 0 Å². The fourth-order valence-corrected chi connectivity index (χ4v) is 2.11. The van der Waals surface area contributed by atoms with Gasteiger partial charge < -0.3 is 15.4 Å². The summed E-state index contributed by atoms with van der Waals surface area (Å²) in [6, 6.07) is 1.88. The Kier molecular flexibility index (Phi) is 2.85. The molecule has 1 amide bonds. The van der Waals surface area contributed by atoms with Crippen molar-refractivity contribution in [1.29, 1.82) is 0 Å². The van der Waals surface area contributed by atoms with Gasteiger partial charge in [-0.2, -0.15) is 5.10 Å². The summed E-state index contributed by atoms with van der Waals surface area (Å²) in [5, 5.41) is 4.10. The summed E-state index contributed by atoms with van der Waals surface area (Å²) in [6.07, 6.45) is 1.39. The van der Waals surface area contributed by atoms with Crippen LogP contribution in [0.1, 0.15) is 26.5 Å². The summed E-state index contributed by atoms with van der Waals surface area (Å²) in [4.78, 5) is 13.4. The van der Waals surface area contributed by atoms with Gasteiger partial charge in [0.25, 0.3) is 0 Å². The van der Waals surface area contributed by atoms with Crippen LogP contribution in [0, 0.1) is 0 Å². The molecule has 18 heavy (non-hydrogen) atoms. The summed E-state index contributed by atoms with van der Waals surface area (Å²) in [7, 11) is 1.85. The molecule has 0 radical (unpaired) electrons. The molecule has 1 aliphatic heterocycles. The van der Waals surface area contributed by atoms with Crippen molar-refractivity contribution in [1.82, 2.24) is 14.7 Å². The number of rotatable bonds is 1. The van der Waals surface area contributed by atoms with Crippen LogP contribution in [0.3, 0.4) is 0 Å². The maximum absolute atomic E-state index is 11.8. The van der Waals surface area contributed by atoms with Crippen molar-refractivity contribution in [3.63, 3.8) is 0 Å². The van der Waals surface area contributed by atoms with E-state index in [0.29, 0.717) is 13.1 Å². The van der Waals surface area contributed by atoms with Crippen molar-refractivity contribution in [2.75, 3.05) is 13.1 Å². The van der Waals surface area contributed by atoms with Crippen molar-refractivity contribution < 1.29 is 9.53 Å². The minimum Gasteiger partial charge on any atom is -0.444 e. The van der Waals surface area contributed by atoms with E-state index < -0.39 is 11.1 Å². The summed E-state index contributed by atoms with van der Waals surface area (Å²) >= 11 is 0. The average molecular weight is 252 g/mol. The Bertz CT molecular complexity index is 455. The molecule has 0 spiro atoms. The minimum atomic E-state index is -0.512. The van der Waals surface area contributed by atoms with Crippen LogP contribution in [0.4, 0.5) is 4.79 Å². The molecule has 0 bridgehead atoms. The first kappa shape index (κ1) is 12.9. The number of likely N-dealkylation sites (tertiary alicyclic amines) is 1. The highest BCUT2D eigenvalue weighted by Gasteiger charge is 2.46. The third-order valence-electron chi connectivity index (χ3n) is 2.93. The molecule has 1 aliphatic rings. The Morgan fingerprint density at radius 2 is 2.11 bits per heavy atom. The topological polar surface area (TPSA) is 73.4 Å². The predicted octanol–water partition coefficient (Wildman–Crippen LogP) is 0.825. The van der Waals surface area contributed by atoms with E-state index in [1.54, 1.807) is 15.8 Å². The van der Waals surface area contributed by atoms with Gasteiger partial charge in [0.05, 0.1) is 11.2 Å². The highest BCUT2D eigenvalue weighted by molar-refractivity contribution is 5.70. The Balaban J connectivity index is 1.98. The minimum absolute atomic E-state index is 0.314. The maximum Gasteiger partial charge on any atom is 0.410 e. The molecule has 1 aromatic rings. The lowest BCUT2D eigenvalue weighted by atomic mass is 9.88. The van der Waals surface area contributed by atoms with Crippen molar-refractivity contribution in [3.05, 3.63) is 18.0 Å². The molecular formula is C12H20N4O2. The monoisotopic (exact) mass is 252 g/mol. The standard InChI is InChI=1S/C12H20N4O2/c1-11(2,3)18-10(17)16-7-12(13,8-16)9-5-6-14-15(9)4/h5-6H,7-8,13H2,1-4H3. The van der Waals surface area contributed by atoms with Crippen LogP contribution in [0.25, 0.3) is 0 Å². The van der Waals surface area contributed by atoms with Gasteiger partial charge in [0.2, 0.25) is 0 Å². The number of aromatic nitrogens is 2. The Morgan fingerprint density at radius 3 is 2.56 bits per heavy atom. The SMILES string of the molecule is Cn1nccc1C1(N)CN(C(=O)OC(C)(C)C)C1. The highest BCUT2D eigenvalue weighted by Crippen LogP contribution is 2.29. The molecule has 2 heterocycles. The van der Waals surface area contributed by atoms with Crippen molar-refractivity contribution in [2.24, 2.45) is 12.8 Å². The Morgan fingerprint density at radius 1 is 1.50 bits per heavy atom. The number of hydrogen-bond donors (Lipinski definition) is 1. The predicted molar refractivity (Wildman–Crippen MR) is 66.9 cm³/mol. The quantitative estimate of drug-likeness (QED) is 0.803. The number of carbonyl (C=O) groups excluding carboxylic acids is 1. The van der Waals surface area contributed by atoms with E-state index in [2.05, 4.69) is 5.10 Å². The van der Waals surface area contributed by atoms with Gasteiger partial charge in [0, 0.05) is 26.3 Å². The molecule has 1 fully saturated rings. The molecule has 100 valence electrons. The van der Waals surface area contributed by atoms with Crippen LogP contribution in [-0.2, 0) is 17.3 Å². The molecule has 2 rings (SSSR count). The highest BCUT2D eigenvalue weighted by atomic mass is 16.6. The van der Waals surface area contributed by atoms with Gasteiger partial charge in [-0.25, -0.2) is 4.79 Å². The van der Waals surface area contributed by atoms with E-state index in [0.717, 1.165) is 5.69 Å². The molecule has 0 atom stereocenters. The molecule has 0 saturated carbocycles. The average Bonchev–Trinajstić information content (AvgIpc) is 2.57. The second kappa shape index (κ2) is 3.98. The van der Waals surface area contributed by atoms with Crippen molar-refractivity contribution in [2.45, 2.75) is 31.9 Å². The number of nitrogens with two attached hydrogens (primary N) is 1. The van der Waals surface area contributed by atoms with E-state index >= 15 is 0 Å². The number of carbonyl (C=O) groups is 1. The van der Waals surface area contributed by atoms with Crippen LogP contribution < -0.4 is 5.73 Å². The van der Waals surface area contributed by atoms with E-state index in [1.807, 2.05) is 33.9 Å². The third kappa shape index (κ3) is 2.33. The van der Waals surface area contributed by atoms with Gasteiger partial charge in [0.1, 0.15) is 5.60 Å². The Hall–Kier alpha value is -1.56. The zero-order valence-corrected chi connectivity index (χ0v) is 11.3. The lowest BCUT2D eigenvalue weighted by molar-refractivity contribution is -0.0104. The fourth-order valence-electron chi connectivity index (χ4n) is 2.11. The van der Waals surface area contributed by atoms with Crippen LogP contribution in [0.2, 0.25) is 0 Å². The van der Waals surface area contributed by atoms with Gasteiger partial charge >= 0.3 is 6.09 Å². The van der Waals surface area contributed by atoms with Crippen LogP contribution >= 0.6 is 0 Å². The third-order valence-corrected chi connectivity index (χ3v) is 2.93.